The lowest BCUT2D eigenvalue weighted by Gasteiger charge is -2.07. The van der Waals surface area contributed by atoms with Gasteiger partial charge in [-0.05, 0) is 60.0 Å². The zero-order chi connectivity index (χ0) is 25.6. The topological polar surface area (TPSA) is 130 Å². The Bertz CT molecular complexity index is 1880. The first-order chi connectivity index (χ1) is 17.8. The van der Waals surface area contributed by atoms with Gasteiger partial charge in [0, 0.05) is 24.2 Å². The quantitative estimate of drug-likeness (QED) is 0.339. The van der Waals surface area contributed by atoms with Crippen LogP contribution in [0.3, 0.4) is 0 Å². The van der Waals surface area contributed by atoms with Gasteiger partial charge in [0.05, 0.1) is 28.2 Å². The average Bonchev–Trinajstić information content (AvgIpc) is 3.51. The summed E-state index contributed by atoms with van der Waals surface area (Å²) >= 11 is 0. The van der Waals surface area contributed by atoms with E-state index in [1.165, 1.54) is 18.4 Å². The molecule has 184 valence electrons. The Balaban J connectivity index is 1.44. The van der Waals surface area contributed by atoms with E-state index in [0.717, 1.165) is 11.2 Å². The van der Waals surface area contributed by atoms with E-state index in [2.05, 4.69) is 30.1 Å². The first-order valence-corrected chi connectivity index (χ1v) is 13.5. The number of aromatic nitrogens is 7. The van der Waals surface area contributed by atoms with Gasteiger partial charge in [-0.1, -0.05) is 12.1 Å². The van der Waals surface area contributed by atoms with E-state index in [-0.39, 0.29) is 12.2 Å². The summed E-state index contributed by atoms with van der Waals surface area (Å²) in [6.45, 7) is 0. The van der Waals surface area contributed by atoms with Crippen molar-refractivity contribution in [2.75, 3.05) is 12.0 Å². The number of nitrogens with zero attached hydrogens (tertiary/aromatic N) is 5. The number of hydrogen-bond acceptors (Lipinski definition) is 7. The van der Waals surface area contributed by atoms with Gasteiger partial charge in [0.15, 0.2) is 17.2 Å². The van der Waals surface area contributed by atoms with E-state index in [4.69, 9.17) is 4.98 Å². The molecule has 2 N–H and O–H groups in total. The fourth-order valence-corrected chi connectivity index (χ4v) is 4.84. The lowest BCUT2D eigenvalue weighted by Crippen LogP contribution is -2.06. The summed E-state index contributed by atoms with van der Waals surface area (Å²) in [5, 5.41) is 7.41. The Morgan fingerprint density at radius 3 is 2.65 bits per heavy atom. The van der Waals surface area contributed by atoms with Crippen molar-refractivity contribution in [3.63, 3.8) is 0 Å². The van der Waals surface area contributed by atoms with Crippen molar-refractivity contribution in [3.8, 4) is 34.0 Å². The SMILES string of the molecule is CS(=O)(=O)CCc1cc(F)cc(-c2ccnc3nc(-c4n[nH]c5ccc(-c6ccccn6)nc45)[nH]c23)c1. The Morgan fingerprint density at radius 2 is 1.84 bits per heavy atom. The molecule has 0 saturated heterocycles. The number of H-pyrrole nitrogens is 2. The monoisotopic (exact) mass is 513 g/mol. The molecule has 6 aromatic rings. The summed E-state index contributed by atoms with van der Waals surface area (Å²) < 4.78 is 37.7. The summed E-state index contributed by atoms with van der Waals surface area (Å²) in [6.07, 6.45) is 4.70. The number of nitrogens with one attached hydrogen (secondary N) is 2. The third-order valence-corrected chi connectivity index (χ3v) is 6.93. The van der Waals surface area contributed by atoms with E-state index >= 15 is 0 Å². The minimum absolute atomic E-state index is 0.0599. The Kier molecular flexibility index (Phi) is 5.49. The van der Waals surface area contributed by atoms with E-state index in [1.54, 1.807) is 24.5 Å². The van der Waals surface area contributed by atoms with Gasteiger partial charge in [-0.25, -0.2) is 27.8 Å². The second-order valence-electron chi connectivity index (χ2n) is 8.75. The van der Waals surface area contributed by atoms with Crippen LogP contribution in [0.15, 0.2) is 67.0 Å². The van der Waals surface area contributed by atoms with Crippen LogP contribution in [0.2, 0.25) is 0 Å². The molecule has 0 aliphatic rings. The van der Waals surface area contributed by atoms with Crippen LogP contribution in [-0.4, -0.2) is 55.5 Å². The second kappa shape index (κ2) is 8.86. The van der Waals surface area contributed by atoms with Gasteiger partial charge < -0.3 is 4.98 Å². The van der Waals surface area contributed by atoms with Crippen LogP contribution in [0, 0.1) is 5.82 Å². The molecule has 0 amide bonds. The summed E-state index contributed by atoms with van der Waals surface area (Å²) in [5.41, 5.74) is 6.23. The predicted molar refractivity (Wildman–Crippen MR) is 139 cm³/mol. The van der Waals surface area contributed by atoms with Crippen LogP contribution in [-0.2, 0) is 16.3 Å². The van der Waals surface area contributed by atoms with Crippen LogP contribution in [0.1, 0.15) is 5.56 Å². The van der Waals surface area contributed by atoms with Gasteiger partial charge in [0.1, 0.15) is 21.2 Å². The minimum atomic E-state index is -3.18. The van der Waals surface area contributed by atoms with Crippen molar-refractivity contribution in [3.05, 3.63) is 78.4 Å². The zero-order valence-electron chi connectivity index (χ0n) is 19.6. The van der Waals surface area contributed by atoms with Crippen molar-refractivity contribution in [1.82, 2.24) is 35.1 Å². The minimum Gasteiger partial charge on any atom is -0.335 e. The molecule has 0 aliphatic carbocycles. The van der Waals surface area contributed by atoms with Gasteiger partial charge in [0.2, 0.25) is 0 Å². The lowest BCUT2D eigenvalue weighted by molar-refractivity contribution is 0.600. The molecule has 11 heteroatoms. The summed E-state index contributed by atoms with van der Waals surface area (Å²) in [5.74, 6) is -0.0499. The molecule has 0 unspecified atom stereocenters. The molecule has 9 nitrogen and oxygen atoms in total. The molecular weight excluding hydrogens is 493 g/mol. The van der Waals surface area contributed by atoms with Crippen molar-refractivity contribution in [1.29, 1.82) is 0 Å². The third kappa shape index (κ3) is 4.56. The highest BCUT2D eigenvalue weighted by Gasteiger charge is 2.18. The smallest absolute Gasteiger partial charge is 0.178 e. The number of aryl methyl sites for hydroxylation is 1. The summed E-state index contributed by atoms with van der Waals surface area (Å²) in [7, 11) is -3.18. The molecule has 0 saturated carbocycles. The number of halogens is 1. The average molecular weight is 514 g/mol. The van der Waals surface area contributed by atoms with Crippen molar-refractivity contribution in [2.45, 2.75) is 6.42 Å². The lowest BCUT2D eigenvalue weighted by atomic mass is 10.0. The molecule has 0 spiro atoms. The molecular formula is C26H20FN7O2S. The zero-order valence-corrected chi connectivity index (χ0v) is 20.4. The number of hydrogen-bond donors (Lipinski definition) is 2. The number of aromatic amines is 2. The highest BCUT2D eigenvalue weighted by molar-refractivity contribution is 7.90. The number of pyridine rings is 3. The molecule has 5 aromatic heterocycles. The van der Waals surface area contributed by atoms with E-state index in [1.807, 2.05) is 30.3 Å². The number of benzene rings is 1. The van der Waals surface area contributed by atoms with Crippen LogP contribution in [0.4, 0.5) is 4.39 Å². The first kappa shape index (κ1) is 22.9. The Labute approximate surface area is 210 Å². The van der Waals surface area contributed by atoms with Crippen LogP contribution >= 0.6 is 0 Å². The molecule has 0 bridgehead atoms. The normalized spacial score (nSPS) is 11.9. The van der Waals surface area contributed by atoms with Gasteiger partial charge in [-0.3, -0.25) is 10.1 Å². The van der Waals surface area contributed by atoms with Crippen molar-refractivity contribution in [2.24, 2.45) is 0 Å². The van der Waals surface area contributed by atoms with Gasteiger partial charge in [-0.2, -0.15) is 5.10 Å². The molecule has 0 radical (unpaired) electrons. The number of sulfone groups is 1. The fourth-order valence-electron chi connectivity index (χ4n) is 4.24. The molecule has 5 heterocycles. The standard InChI is InChI=1S/C26H20FN7O2S/c1-37(35,36)11-8-15-12-16(14-17(27)13-15)18-7-10-29-25-22(18)31-26(32-25)24-23-21(33-34-24)6-5-20(30-23)19-4-2-3-9-28-19/h2-7,9-10,12-14H,8,11H2,1H3,(H,33,34)(H,29,31,32). The highest BCUT2D eigenvalue weighted by Crippen LogP contribution is 2.31. The number of fused-ring (bicyclic) bond motifs is 2. The van der Waals surface area contributed by atoms with Crippen molar-refractivity contribution < 1.29 is 12.8 Å². The fraction of sp³-hybridized carbons (Fsp3) is 0.115. The van der Waals surface area contributed by atoms with E-state index in [9.17, 15) is 12.8 Å². The van der Waals surface area contributed by atoms with Crippen LogP contribution in [0.5, 0.6) is 0 Å². The molecule has 37 heavy (non-hydrogen) atoms. The Morgan fingerprint density at radius 1 is 0.946 bits per heavy atom. The first-order valence-electron chi connectivity index (χ1n) is 11.4. The largest absolute Gasteiger partial charge is 0.335 e. The molecule has 6 rings (SSSR count). The van der Waals surface area contributed by atoms with E-state index in [0.29, 0.717) is 50.6 Å². The number of rotatable bonds is 6. The summed E-state index contributed by atoms with van der Waals surface area (Å²) in [4.78, 5) is 21.4. The predicted octanol–water partition coefficient (Wildman–Crippen LogP) is 4.35. The molecule has 1 aromatic carbocycles. The molecule has 0 aliphatic heterocycles. The highest BCUT2D eigenvalue weighted by atomic mass is 32.2. The second-order valence-corrected chi connectivity index (χ2v) is 11.0. The summed E-state index contributed by atoms with van der Waals surface area (Å²) in [6, 6.07) is 15.7. The maximum absolute atomic E-state index is 14.5. The van der Waals surface area contributed by atoms with Gasteiger partial charge in [0.25, 0.3) is 0 Å². The molecule has 0 fully saturated rings. The van der Waals surface area contributed by atoms with Gasteiger partial charge >= 0.3 is 0 Å². The van der Waals surface area contributed by atoms with Crippen LogP contribution < -0.4 is 0 Å². The van der Waals surface area contributed by atoms with Crippen LogP contribution in [0.25, 0.3) is 56.2 Å². The molecule has 0 atom stereocenters. The maximum atomic E-state index is 14.5. The third-order valence-electron chi connectivity index (χ3n) is 5.98. The maximum Gasteiger partial charge on any atom is 0.178 e. The number of imidazole rings is 1. The van der Waals surface area contributed by atoms with Gasteiger partial charge in [-0.15, -0.1) is 0 Å². The van der Waals surface area contributed by atoms with E-state index < -0.39 is 15.7 Å². The van der Waals surface area contributed by atoms with Crippen molar-refractivity contribution >= 4 is 32.0 Å². The Hall–Kier alpha value is -4.51.